The highest BCUT2D eigenvalue weighted by molar-refractivity contribution is 7.87. The summed E-state index contributed by atoms with van der Waals surface area (Å²) in [5, 5.41) is 2.89. The van der Waals surface area contributed by atoms with Crippen LogP contribution in [-0.4, -0.2) is 33.7 Å². The highest BCUT2D eigenvalue weighted by Gasteiger charge is 2.72. The molecule has 0 heterocycles. The molecule has 118 valence electrons. The van der Waals surface area contributed by atoms with Crippen LogP contribution < -0.4 is 5.32 Å². The van der Waals surface area contributed by atoms with Crippen LogP contribution in [-0.2, 0) is 19.1 Å². The molecule has 1 N–H and O–H groups in total. The van der Waals surface area contributed by atoms with Gasteiger partial charge in [0.1, 0.15) is 0 Å². The first-order valence-electron chi connectivity index (χ1n) is 7.91. The predicted octanol–water partition coefficient (Wildman–Crippen LogP) is 1.30. The zero-order valence-electron chi connectivity index (χ0n) is 12.4. The van der Waals surface area contributed by atoms with Gasteiger partial charge in [0.05, 0.1) is 7.11 Å². The average molecular weight is 313 g/mol. The van der Waals surface area contributed by atoms with Crippen molar-refractivity contribution >= 4 is 16.0 Å². The molecule has 1 spiro atoms. The summed E-state index contributed by atoms with van der Waals surface area (Å²) in [6, 6.07) is 0. The summed E-state index contributed by atoms with van der Waals surface area (Å²) in [5.41, 5.74) is 0.865. The van der Waals surface area contributed by atoms with Crippen molar-refractivity contribution in [2.75, 3.05) is 19.4 Å². The Morgan fingerprint density at radius 2 is 1.86 bits per heavy atom. The maximum atomic E-state index is 11.9. The molecule has 3 atom stereocenters. The van der Waals surface area contributed by atoms with Crippen molar-refractivity contribution in [2.45, 2.75) is 38.5 Å². The number of carbonyl (C=O) groups excluding carboxylic acids is 1. The Labute approximate surface area is 125 Å². The minimum atomic E-state index is -3.71. The summed E-state index contributed by atoms with van der Waals surface area (Å²) in [4.78, 5) is 11.9. The predicted molar refractivity (Wildman–Crippen MR) is 76.8 cm³/mol. The topological polar surface area (TPSA) is 72.5 Å². The lowest BCUT2D eigenvalue weighted by Crippen LogP contribution is -2.52. The third kappa shape index (κ3) is 2.13. The molecule has 5 rings (SSSR count). The zero-order valence-corrected chi connectivity index (χ0v) is 13.2. The summed E-state index contributed by atoms with van der Waals surface area (Å²) in [7, 11) is -2.62. The van der Waals surface area contributed by atoms with Gasteiger partial charge >= 0.3 is 0 Å². The fourth-order valence-electron chi connectivity index (χ4n) is 6.18. The van der Waals surface area contributed by atoms with Crippen molar-refractivity contribution in [2.24, 2.45) is 28.6 Å². The van der Waals surface area contributed by atoms with Crippen LogP contribution in [0.1, 0.15) is 38.5 Å². The van der Waals surface area contributed by atoms with E-state index in [4.69, 9.17) is 0 Å². The van der Waals surface area contributed by atoms with Crippen LogP contribution in [0.25, 0.3) is 0 Å². The van der Waals surface area contributed by atoms with Gasteiger partial charge in [0.25, 0.3) is 10.1 Å². The second-order valence-corrected chi connectivity index (χ2v) is 9.65. The largest absolute Gasteiger partial charge is 0.355 e. The molecule has 5 aliphatic rings. The van der Waals surface area contributed by atoms with E-state index in [0.717, 1.165) is 24.9 Å². The van der Waals surface area contributed by atoms with Crippen LogP contribution in [0.4, 0.5) is 0 Å². The molecule has 5 fully saturated rings. The molecule has 5 aliphatic carbocycles. The van der Waals surface area contributed by atoms with E-state index in [1.54, 1.807) is 0 Å². The number of rotatable bonds is 5. The molecule has 0 aromatic heterocycles. The Bertz CT molecular complexity index is 570. The van der Waals surface area contributed by atoms with Crippen molar-refractivity contribution in [3.8, 4) is 0 Å². The molecular weight excluding hydrogens is 290 g/mol. The Kier molecular flexibility index (Phi) is 2.82. The molecule has 0 aliphatic heterocycles. The minimum absolute atomic E-state index is 0.260. The first kappa shape index (κ1) is 14.0. The molecule has 1 amide bonds. The molecule has 0 aromatic carbocycles. The molecule has 0 aromatic rings. The van der Waals surface area contributed by atoms with Gasteiger partial charge in [0.2, 0.25) is 5.91 Å². The quantitative estimate of drug-likeness (QED) is 0.777. The van der Waals surface area contributed by atoms with Crippen LogP contribution in [0.5, 0.6) is 0 Å². The molecule has 3 unspecified atom stereocenters. The highest BCUT2D eigenvalue weighted by Crippen LogP contribution is 2.79. The van der Waals surface area contributed by atoms with Crippen molar-refractivity contribution in [1.82, 2.24) is 5.32 Å². The fourth-order valence-corrected chi connectivity index (χ4v) is 6.72. The molecule has 5 nitrogen and oxygen atoms in total. The number of hydrogen-bond acceptors (Lipinski definition) is 4. The van der Waals surface area contributed by atoms with Crippen LogP contribution >= 0.6 is 0 Å². The first-order chi connectivity index (χ1) is 9.86. The van der Waals surface area contributed by atoms with E-state index in [1.807, 2.05) is 0 Å². The van der Waals surface area contributed by atoms with Gasteiger partial charge in [0, 0.05) is 6.54 Å². The Morgan fingerprint density at radius 1 is 1.19 bits per heavy atom. The van der Waals surface area contributed by atoms with E-state index >= 15 is 0 Å². The van der Waals surface area contributed by atoms with Gasteiger partial charge in [0.15, 0.2) is 5.75 Å². The van der Waals surface area contributed by atoms with E-state index in [9.17, 15) is 13.2 Å². The van der Waals surface area contributed by atoms with Crippen molar-refractivity contribution < 1.29 is 17.4 Å². The summed E-state index contributed by atoms with van der Waals surface area (Å²) in [5.74, 6) is 1.47. The fraction of sp³-hybridized carbons (Fsp3) is 0.933. The third-order valence-corrected chi connectivity index (χ3v) is 7.70. The third-order valence-electron chi connectivity index (χ3n) is 6.58. The normalized spacial score (nSPS) is 46.2. The Morgan fingerprint density at radius 3 is 2.48 bits per heavy atom. The number of amides is 1. The number of nitrogens with one attached hydrogen (secondary N) is 1. The van der Waals surface area contributed by atoms with Gasteiger partial charge in [-0.05, 0) is 67.1 Å². The molecule has 6 heteroatoms. The van der Waals surface area contributed by atoms with Gasteiger partial charge in [-0.25, -0.2) is 0 Å². The lowest BCUT2D eigenvalue weighted by atomic mass is 9.49. The van der Waals surface area contributed by atoms with Crippen LogP contribution in [0.3, 0.4) is 0 Å². The summed E-state index contributed by atoms with van der Waals surface area (Å²) >= 11 is 0. The minimum Gasteiger partial charge on any atom is -0.355 e. The SMILES string of the molecule is COS(=O)(=O)CC(=O)NCC12CC3CC(C1)CC1(C3)CC21. The second kappa shape index (κ2) is 4.22. The zero-order chi connectivity index (χ0) is 14.9. The van der Waals surface area contributed by atoms with Crippen molar-refractivity contribution in [3.05, 3.63) is 0 Å². The maximum absolute atomic E-state index is 11.9. The van der Waals surface area contributed by atoms with E-state index in [0.29, 0.717) is 12.0 Å². The van der Waals surface area contributed by atoms with Crippen molar-refractivity contribution in [1.29, 1.82) is 0 Å². The van der Waals surface area contributed by atoms with E-state index in [2.05, 4.69) is 9.50 Å². The van der Waals surface area contributed by atoms with Crippen LogP contribution in [0, 0.1) is 28.6 Å². The summed E-state index contributed by atoms with van der Waals surface area (Å²) in [6.45, 7) is 0.657. The van der Waals surface area contributed by atoms with Gasteiger partial charge in [-0.2, -0.15) is 8.42 Å². The molecule has 0 radical (unpaired) electrons. The van der Waals surface area contributed by atoms with E-state index in [1.165, 1.54) is 38.5 Å². The second-order valence-electron chi connectivity index (χ2n) is 7.91. The van der Waals surface area contributed by atoms with E-state index < -0.39 is 21.8 Å². The van der Waals surface area contributed by atoms with Gasteiger partial charge in [-0.3, -0.25) is 8.98 Å². The molecule has 4 bridgehead atoms. The highest BCUT2D eigenvalue weighted by atomic mass is 32.2. The number of hydrogen-bond donors (Lipinski definition) is 1. The van der Waals surface area contributed by atoms with Crippen molar-refractivity contribution in [3.63, 3.8) is 0 Å². The van der Waals surface area contributed by atoms with Gasteiger partial charge in [-0.1, -0.05) is 0 Å². The first-order valence-corrected chi connectivity index (χ1v) is 9.49. The summed E-state index contributed by atoms with van der Waals surface area (Å²) in [6.07, 6.45) is 7.98. The Balaban J connectivity index is 1.43. The Hall–Kier alpha value is -0.620. The monoisotopic (exact) mass is 313 g/mol. The van der Waals surface area contributed by atoms with E-state index in [-0.39, 0.29) is 5.41 Å². The van der Waals surface area contributed by atoms with Gasteiger partial charge in [-0.15, -0.1) is 0 Å². The van der Waals surface area contributed by atoms with Gasteiger partial charge < -0.3 is 5.32 Å². The lowest BCUT2D eigenvalue weighted by molar-refractivity contribution is -0.121. The molecule has 21 heavy (non-hydrogen) atoms. The maximum Gasteiger partial charge on any atom is 0.276 e. The van der Waals surface area contributed by atoms with Crippen LogP contribution in [0.2, 0.25) is 0 Å². The number of carbonyl (C=O) groups is 1. The molecular formula is C15H23NO4S. The van der Waals surface area contributed by atoms with Crippen LogP contribution in [0.15, 0.2) is 0 Å². The lowest BCUT2D eigenvalue weighted by Gasteiger charge is -2.56. The molecule has 5 saturated carbocycles. The average Bonchev–Trinajstić information content (AvgIpc) is 3.10. The molecule has 0 saturated heterocycles. The summed E-state index contributed by atoms with van der Waals surface area (Å²) < 4.78 is 27.0. The standard InChI is InChI=1S/C15H23NO4S/c1-20-21(18,19)8-13(17)16-9-15-5-10-2-11(6-15)4-14(3-10)7-12(14)15/h10-12H,2-9H2,1H3,(H,16,17). The smallest absolute Gasteiger partial charge is 0.276 e.